The number of fused-ring (bicyclic) bond motifs is 3. The number of aryl methyl sites for hydroxylation is 1. The normalized spacial score (nSPS) is 11.3. The van der Waals surface area contributed by atoms with Gasteiger partial charge in [-0.15, -0.1) is 11.3 Å². The van der Waals surface area contributed by atoms with Gasteiger partial charge in [-0.2, -0.15) is 0 Å². The maximum atomic E-state index is 12.7. The molecule has 3 aromatic heterocycles. The van der Waals surface area contributed by atoms with Gasteiger partial charge in [0.05, 0.1) is 27.8 Å². The van der Waals surface area contributed by atoms with Gasteiger partial charge in [0.1, 0.15) is 11.3 Å². The van der Waals surface area contributed by atoms with E-state index >= 15 is 0 Å². The summed E-state index contributed by atoms with van der Waals surface area (Å²) in [6, 6.07) is 10.9. The van der Waals surface area contributed by atoms with Crippen molar-refractivity contribution in [2.24, 2.45) is 0 Å². The topological polar surface area (TPSA) is 63.7 Å². The van der Waals surface area contributed by atoms with Crippen molar-refractivity contribution in [3.63, 3.8) is 0 Å². The first kappa shape index (κ1) is 15.7. The second-order valence-corrected chi connectivity index (χ2v) is 7.04. The van der Waals surface area contributed by atoms with Crippen molar-refractivity contribution < 1.29 is 13.6 Å². The summed E-state index contributed by atoms with van der Waals surface area (Å²) in [5, 5.41) is 1.30. The third-order valence-corrected chi connectivity index (χ3v) is 5.22. The lowest BCUT2D eigenvalue weighted by Crippen LogP contribution is -2.25. The zero-order valence-corrected chi connectivity index (χ0v) is 14.6. The summed E-state index contributed by atoms with van der Waals surface area (Å²) in [6.45, 7) is 2.35. The van der Waals surface area contributed by atoms with Crippen molar-refractivity contribution in [1.29, 1.82) is 0 Å². The second kappa shape index (κ2) is 5.89. The van der Waals surface area contributed by atoms with Crippen molar-refractivity contribution in [1.82, 2.24) is 4.90 Å². The van der Waals surface area contributed by atoms with Crippen LogP contribution in [0.3, 0.4) is 0 Å². The summed E-state index contributed by atoms with van der Waals surface area (Å²) >= 11 is 1.32. The summed E-state index contributed by atoms with van der Waals surface area (Å²) in [7, 11) is 1.71. The van der Waals surface area contributed by atoms with E-state index in [0.717, 1.165) is 15.6 Å². The molecule has 5 nitrogen and oxygen atoms in total. The average molecular weight is 353 g/mol. The Morgan fingerprint density at radius 3 is 2.80 bits per heavy atom. The number of hydrogen-bond donors (Lipinski definition) is 0. The molecule has 6 heteroatoms. The molecule has 0 N–H and O–H groups in total. The standard InChI is InChI=1S/C19H15NO4S/c1-11-5-6-15-13(8-11)17-14(19(22)24-15)9-16(25-17)18(21)20(2)10-12-4-3-7-23-12/h3-9H,10H2,1-2H3. The molecule has 0 bridgehead atoms. The van der Waals surface area contributed by atoms with Crippen molar-refractivity contribution in [3.05, 3.63) is 69.3 Å². The zero-order chi connectivity index (χ0) is 17.6. The zero-order valence-electron chi connectivity index (χ0n) is 13.7. The maximum absolute atomic E-state index is 12.7. The highest BCUT2D eigenvalue weighted by molar-refractivity contribution is 7.21. The van der Waals surface area contributed by atoms with Crippen LogP contribution in [0.4, 0.5) is 0 Å². The molecule has 4 rings (SSSR count). The lowest BCUT2D eigenvalue weighted by atomic mass is 10.1. The Labute approximate surface area is 147 Å². The summed E-state index contributed by atoms with van der Waals surface area (Å²) in [5.74, 6) is 0.551. The van der Waals surface area contributed by atoms with Crippen molar-refractivity contribution in [3.8, 4) is 0 Å². The van der Waals surface area contributed by atoms with Gasteiger partial charge in [-0.05, 0) is 37.3 Å². The molecule has 0 aliphatic carbocycles. The molecule has 4 aromatic rings. The molecule has 0 atom stereocenters. The Balaban J connectivity index is 1.79. The van der Waals surface area contributed by atoms with E-state index in [0.29, 0.717) is 28.2 Å². The predicted molar refractivity (Wildman–Crippen MR) is 97.1 cm³/mol. The first-order chi connectivity index (χ1) is 12.0. The van der Waals surface area contributed by atoms with Crippen LogP contribution in [0.2, 0.25) is 0 Å². The highest BCUT2D eigenvalue weighted by atomic mass is 32.1. The Morgan fingerprint density at radius 2 is 2.04 bits per heavy atom. The van der Waals surface area contributed by atoms with Gasteiger partial charge in [-0.3, -0.25) is 4.79 Å². The van der Waals surface area contributed by atoms with Gasteiger partial charge in [-0.1, -0.05) is 11.6 Å². The maximum Gasteiger partial charge on any atom is 0.345 e. The molecule has 25 heavy (non-hydrogen) atoms. The largest absolute Gasteiger partial charge is 0.467 e. The number of nitrogens with zero attached hydrogens (tertiary/aromatic N) is 1. The van der Waals surface area contributed by atoms with Crippen LogP contribution in [0.5, 0.6) is 0 Å². The number of thiophene rings is 1. The molecule has 0 radical (unpaired) electrons. The first-order valence-electron chi connectivity index (χ1n) is 7.78. The molecular formula is C19H15NO4S. The first-order valence-corrected chi connectivity index (χ1v) is 8.59. The number of hydrogen-bond acceptors (Lipinski definition) is 5. The van der Waals surface area contributed by atoms with Crippen molar-refractivity contribution in [2.45, 2.75) is 13.5 Å². The van der Waals surface area contributed by atoms with E-state index in [2.05, 4.69) is 0 Å². The number of carbonyl (C=O) groups is 1. The van der Waals surface area contributed by atoms with Crippen LogP contribution in [0.15, 0.2) is 56.3 Å². The third kappa shape index (κ3) is 2.74. The van der Waals surface area contributed by atoms with Gasteiger partial charge in [0.2, 0.25) is 0 Å². The quantitative estimate of drug-likeness (QED) is 0.518. The molecule has 0 fully saturated rings. The molecule has 3 heterocycles. The fraction of sp³-hybridized carbons (Fsp3) is 0.158. The molecule has 0 aliphatic heterocycles. The molecule has 0 unspecified atom stereocenters. The summed E-state index contributed by atoms with van der Waals surface area (Å²) in [6.07, 6.45) is 1.58. The van der Waals surface area contributed by atoms with Crippen LogP contribution in [-0.2, 0) is 6.54 Å². The Bertz CT molecular complexity index is 1140. The van der Waals surface area contributed by atoms with Crippen LogP contribution in [-0.4, -0.2) is 17.9 Å². The highest BCUT2D eigenvalue weighted by Crippen LogP contribution is 2.31. The second-order valence-electron chi connectivity index (χ2n) is 5.98. The molecule has 0 saturated heterocycles. The minimum absolute atomic E-state index is 0.155. The monoisotopic (exact) mass is 353 g/mol. The number of furan rings is 1. The van der Waals surface area contributed by atoms with E-state index < -0.39 is 5.63 Å². The lowest BCUT2D eigenvalue weighted by Gasteiger charge is -2.14. The fourth-order valence-corrected chi connectivity index (χ4v) is 3.97. The number of amides is 1. The summed E-state index contributed by atoms with van der Waals surface area (Å²) in [5.41, 5.74) is 1.18. The van der Waals surface area contributed by atoms with E-state index in [9.17, 15) is 9.59 Å². The van der Waals surface area contributed by atoms with Crippen LogP contribution >= 0.6 is 11.3 Å². The summed E-state index contributed by atoms with van der Waals surface area (Å²) < 4.78 is 11.4. The Morgan fingerprint density at radius 1 is 1.20 bits per heavy atom. The minimum Gasteiger partial charge on any atom is -0.467 e. The van der Waals surface area contributed by atoms with Crippen molar-refractivity contribution in [2.75, 3.05) is 7.05 Å². The molecule has 0 spiro atoms. The third-order valence-electron chi connectivity index (χ3n) is 4.06. The Hall–Kier alpha value is -2.86. The molecule has 0 saturated carbocycles. The fourth-order valence-electron chi connectivity index (χ4n) is 2.81. The molecule has 1 amide bonds. The highest BCUT2D eigenvalue weighted by Gasteiger charge is 2.19. The van der Waals surface area contributed by atoms with Gasteiger partial charge in [-0.25, -0.2) is 4.79 Å². The van der Waals surface area contributed by atoms with Gasteiger partial charge in [0.25, 0.3) is 5.91 Å². The molecule has 1 aromatic carbocycles. The van der Waals surface area contributed by atoms with Crippen LogP contribution in [0.1, 0.15) is 21.0 Å². The summed E-state index contributed by atoms with van der Waals surface area (Å²) in [4.78, 5) is 27.0. The minimum atomic E-state index is -0.421. The number of rotatable bonds is 3. The van der Waals surface area contributed by atoms with E-state index in [1.54, 1.807) is 36.4 Å². The lowest BCUT2D eigenvalue weighted by molar-refractivity contribution is 0.0780. The van der Waals surface area contributed by atoms with Gasteiger partial charge in [0.15, 0.2) is 0 Å². The number of carbonyl (C=O) groups excluding carboxylic acids is 1. The van der Waals surface area contributed by atoms with Crippen LogP contribution in [0, 0.1) is 6.92 Å². The molecular weight excluding hydrogens is 338 g/mol. The van der Waals surface area contributed by atoms with E-state index in [4.69, 9.17) is 8.83 Å². The van der Waals surface area contributed by atoms with E-state index in [1.807, 2.05) is 25.1 Å². The SMILES string of the molecule is Cc1ccc2oc(=O)c3cc(C(=O)N(C)Cc4ccco4)sc3c2c1. The molecule has 126 valence electrons. The van der Waals surface area contributed by atoms with Gasteiger partial charge >= 0.3 is 5.63 Å². The van der Waals surface area contributed by atoms with Gasteiger partial charge in [0, 0.05) is 12.4 Å². The van der Waals surface area contributed by atoms with Crippen LogP contribution in [0.25, 0.3) is 21.1 Å². The van der Waals surface area contributed by atoms with E-state index in [1.165, 1.54) is 11.3 Å². The van der Waals surface area contributed by atoms with Crippen LogP contribution < -0.4 is 5.63 Å². The number of benzene rings is 1. The van der Waals surface area contributed by atoms with E-state index in [-0.39, 0.29) is 5.91 Å². The predicted octanol–water partition coefficient (Wildman–Crippen LogP) is 4.18. The van der Waals surface area contributed by atoms with Crippen molar-refractivity contribution >= 4 is 38.3 Å². The smallest absolute Gasteiger partial charge is 0.345 e. The average Bonchev–Trinajstić information content (AvgIpc) is 3.25. The Kier molecular flexibility index (Phi) is 3.69. The molecule has 0 aliphatic rings. The van der Waals surface area contributed by atoms with Gasteiger partial charge < -0.3 is 13.7 Å².